The number of carboxylic acid groups (broad SMARTS) is 1. The van der Waals surface area contributed by atoms with Crippen molar-refractivity contribution in [2.45, 2.75) is 5.92 Å². The monoisotopic (exact) mass is 434 g/mol. The number of rotatable bonds is 6. The lowest BCUT2D eigenvalue weighted by atomic mass is 9.98. The minimum absolute atomic E-state index is 0.0738. The van der Waals surface area contributed by atoms with E-state index in [1.165, 1.54) is 17.9 Å². The fourth-order valence-electron chi connectivity index (χ4n) is 3.95. The van der Waals surface area contributed by atoms with Crippen LogP contribution >= 0.6 is 0 Å². The van der Waals surface area contributed by atoms with E-state index in [-0.39, 0.29) is 23.9 Å². The molecular formula is C23H22N4O5. The molecule has 9 heteroatoms. The molecule has 164 valence electrons. The van der Waals surface area contributed by atoms with Gasteiger partial charge in [0, 0.05) is 20.0 Å². The number of carboxylic acids is 1. The highest BCUT2D eigenvalue weighted by molar-refractivity contribution is 6.02. The predicted octanol–water partition coefficient (Wildman–Crippen LogP) is 2.94. The van der Waals surface area contributed by atoms with Gasteiger partial charge >= 0.3 is 12.1 Å². The Morgan fingerprint density at radius 1 is 1.09 bits per heavy atom. The van der Waals surface area contributed by atoms with Gasteiger partial charge in [0.25, 0.3) is 5.91 Å². The summed E-state index contributed by atoms with van der Waals surface area (Å²) in [6.07, 6.45) is 0.546. The number of benzene rings is 2. The summed E-state index contributed by atoms with van der Waals surface area (Å²) < 4.78 is 6.84. The first kappa shape index (κ1) is 21.1. The second-order valence-electron chi connectivity index (χ2n) is 7.54. The summed E-state index contributed by atoms with van der Waals surface area (Å²) in [7, 11) is 2.92. The zero-order valence-corrected chi connectivity index (χ0v) is 17.6. The molecule has 3 aromatic rings. The summed E-state index contributed by atoms with van der Waals surface area (Å²) in [5, 5.41) is 15.5. The number of ether oxygens (including phenoxy) is 1. The van der Waals surface area contributed by atoms with Crippen LogP contribution in [0.15, 0.2) is 54.7 Å². The molecule has 1 heterocycles. The Balaban J connectivity index is 1.48. The standard InChI is InChI=1S/C23H22N4O5/c1-26(12-20(28)29)22(30)18-11-24-27(2)21(18)25-23(31)32-13-19-16-9-5-3-7-14(16)15-8-4-6-10-17(15)19/h3-11,19H,12-13H2,1-2H3,(H,25,31)(H,28,29). The van der Waals surface area contributed by atoms with Gasteiger partial charge in [0.1, 0.15) is 24.5 Å². The maximum absolute atomic E-state index is 12.6. The molecule has 0 unspecified atom stereocenters. The summed E-state index contributed by atoms with van der Waals surface area (Å²) >= 11 is 0. The first-order valence-corrected chi connectivity index (χ1v) is 9.98. The van der Waals surface area contributed by atoms with Crippen molar-refractivity contribution in [1.29, 1.82) is 0 Å². The molecule has 2 N–H and O–H groups in total. The first-order valence-electron chi connectivity index (χ1n) is 9.98. The van der Waals surface area contributed by atoms with Crippen LogP contribution in [0.25, 0.3) is 11.1 Å². The third-order valence-electron chi connectivity index (χ3n) is 5.45. The van der Waals surface area contributed by atoms with Gasteiger partial charge in [-0.15, -0.1) is 0 Å². The number of aryl methyl sites for hydroxylation is 1. The number of aromatic nitrogens is 2. The second kappa shape index (κ2) is 8.54. The molecule has 0 atom stereocenters. The van der Waals surface area contributed by atoms with E-state index < -0.39 is 24.5 Å². The maximum atomic E-state index is 12.6. The van der Waals surface area contributed by atoms with E-state index in [2.05, 4.69) is 22.5 Å². The van der Waals surface area contributed by atoms with E-state index in [0.29, 0.717) is 0 Å². The highest BCUT2D eigenvalue weighted by Crippen LogP contribution is 2.44. The SMILES string of the molecule is CN(CC(=O)O)C(=O)c1cnn(C)c1NC(=O)OCC1c2ccccc2-c2ccccc21. The van der Waals surface area contributed by atoms with Crippen LogP contribution in [0.2, 0.25) is 0 Å². The summed E-state index contributed by atoms with van der Waals surface area (Å²) in [6.45, 7) is -0.349. The van der Waals surface area contributed by atoms with Crippen molar-refractivity contribution in [3.05, 3.63) is 71.4 Å². The molecule has 0 fully saturated rings. The van der Waals surface area contributed by atoms with Crippen molar-refractivity contribution < 1.29 is 24.2 Å². The number of fused-ring (bicyclic) bond motifs is 3. The Bertz CT molecular complexity index is 1160. The number of aliphatic carboxylic acids is 1. The molecule has 0 spiro atoms. The van der Waals surface area contributed by atoms with Crippen molar-refractivity contribution in [3.63, 3.8) is 0 Å². The average molecular weight is 434 g/mol. The van der Waals surface area contributed by atoms with E-state index in [0.717, 1.165) is 27.2 Å². The van der Waals surface area contributed by atoms with E-state index in [9.17, 15) is 14.4 Å². The van der Waals surface area contributed by atoms with Crippen LogP contribution in [-0.4, -0.2) is 58.0 Å². The Kier molecular flexibility index (Phi) is 5.63. The van der Waals surface area contributed by atoms with Gasteiger partial charge in [-0.05, 0) is 22.3 Å². The zero-order valence-electron chi connectivity index (χ0n) is 17.6. The van der Waals surface area contributed by atoms with Crippen LogP contribution in [0.1, 0.15) is 27.4 Å². The Morgan fingerprint density at radius 2 is 1.69 bits per heavy atom. The highest BCUT2D eigenvalue weighted by atomic mass is 16.5. The molecule has 9 nitrogen and oxygen atoms in total. The molecule has 1 aromatic heterocycles. The van der Waals surface area contributed by atoms with Crippen molar-refractivity contribution in [2.75, 3.05) is 25.5 Å². The predicted molar refractivity (Wildman–Crippen MR) is 116 cm³/mol. The third-order valence-corrected chi connectivity index (χ3v) is 5.45. The lowest BCUT2D eigenvalue weighted by Gasteiger charge is -2.16. The topological polar surface area (TPSA) is 114 Å². The van der Waals surface area contributed by atoms with Gasteiger partial charge in [-0.1, -0.05) is 48.5 Å². The van der Waals surface area contributed by atoms with Crippen molar-refractivity contribution in [3.8, 4) is 11.1 Å². The number of nitrogens with one attached hydrogen (secondary N) is 1. The van der Waals surface area contributed by atoms with Crippen LogP contribution in [0.4, 0.5) is 10.6 Å². The van der Waals surface area contributed by atoms with Gasteiger partial charge < -0.3 is 14.7 Å². The molecule has 0 radical (unpaired) electrons. The molecule has 1 aliphatic carbocycles. The van der Waals surface area contributed by atoms with Gasteiger partial charge in [0.05, 0.1) is 6.20 Å². The lowest BCUT2D eigenvalue weighted by molar-refractivity contribution is -0.137. The first-order chi connectivity index (χ1) is 15.4. The lowest BCUT2D eigenvalue weighted by Crippen LogP contribution is -2.32. The minimum Gasteiger partial charge on any atom is -0.480 e. The molecule has 0 aliphatic heterocycles. The number of amides is 2. The van der Waals surface area contributed by atoms with Crippen LogP contribution in [0.5, 0.6) is 0 Å². The smallest absolute Gasteiger partial charge is 0.412 e. The third kappa shape index (κ3) is 3.92. The Labute approximate surface area is 184 Å². The number of nitrogens with zero attached hydrogens (tertiary/aromatic N) is 3. The molecule has 4 rings (SSSR count). The molecule has 32 heavy (non-hydrogen) atoms. The molecule has 0 saturated heterocycles. The fourth-order valence-corrected chi connectivity index (χ4v) is 3.95. The summed E-state index contributed by atoms with van der Waals surface area (Å²) in [5.74, 6) is -1.68. The maximum Gasteiger partial charge on any atom is 0.412 e. The van der Waals surface area contributed by atoms with Crippen molar-refractivity contribution in [1.82, 2.24) is 14.7 Å². The molecule has 2 aromatic carbocycles. The Hall–Kier alpha value is -4.14. The molecule has 2 amide bonds. The van der Waals surface area contributed by atoms with Gasteiger partial charge in [-0.25, -0.2) is 4.79 Å². The molecule has 1 aliphatic rings. The van der Waals surface area contributed by atoms with Crippen LogP contribution in [0.3, 0.4) is 0 Å². The van der Waals surface area contributed by atoms with E-state index in [4.69, 9.17) is 9.84 Å². The minimum atomic E-state index is -1.14. The van der Waals surface area contributed by atoms with Gasteiger partial charge in [-0.2, -0.15) is 5.10 Å². The van der Waals surface area contributed by atoms with E-state index in [1.807, 2.05) is 36.4 Å². The number of likely N-dealkylation sites (N-methyl/N-ethyl adjacent to an activating group) is 1. The number of anilines is 1. The number of carbonyl (C=O) groups excluding carboxylic acids is 2. The van der Waals surface area contributed by atoms with Crippen LogP contribution in [-0.2, 0) is 16.6 Å². The summed E-state index contributed by atoms with van der Waals surface area (Å²) in [6, 6.07) is 16.0. The summed E-state index contributed by atoms with van der Waals surface area (Å²) in [5.41, 5.74) is 4.50. The molecule has 0 bridgehead atoms. The highest BCUT2D eigenvalue weighted by Gasteiger charge is 2.29. The van der Waals surface area contributed by atoms with Crippen LogP contribution < -0.4 is 5.32 Å². The van der Waals surface area contributed by atoms with Crippen molar-refractivity contribution in [2.24, 2.45) is 7.05 Å². The van der Waals surface area contributed by atoms with E-state index >= 15 is 0 Å². The number of carbonyl (C=O) groups is 3. The van der Waals surface area contributed by atoms with Crippen molar-refractivity contribution >= 4 is 23.8 Å². The zero-order chi connectivity index (χ0) is 22.8. The van der Waals surface area contributed by atoms with Gasteiger partial charge in [-0.3, -0.25) is 19.6 Å². The quantitative estimate of drug-likeness (QED) is 0.617. The number of hydrogen-bond donors (Lipinski definition) is 2. The molecular weight excluding hydrogens is 412 g/mol. The summed E-state index contributed by atoms with van der Waals surface area (Å²) in [4.78, 5) is 37.1. The largest absolute Gasteiger partial charge is 0.480 e. The number of hydrogen-bond acceptors (Lipinski definition) is 5. The fraction of sp³-hybridized carbons (Fsp3) is 0.217. The van der Waals surface area contributed by atoms with Crippen LogP contribution in [0, 0.1) is 0 Å². The Morgan fingerprint density at radius 3 is 2.28 bits per heavy atom. The van der Waals surface area contributed by atoms with E-state index in [1.54, 1.807) is 7.05 Å². The van der Waals surface area contributed by atoms with Gasteiger partial charge in [0.2, 0.25) is 0 Å². The average Bonchev–Trinajstić information content (AvgIpc) is 3.29. The second-order valence-corrected chi connectivity index (χ2v) is 7.54. The molecule has 0 saturated carbocycles. The normalized spacial score (nSPS) is 12.1. The van der Waals surface area contributed by atoms with Gasteiger partial charge in [0.15, 0.2) is 0 Å².